The van der Waals surface area contributed by atoms with E-state index < -0.39 is 5.60 Å². The first-order valence-electron chi connectivity index (χ1n) is 10.1. The first kappa shape index (κ1) is 21.8. The number of hydrogen-bond acceptors (Lipinski definition) is 6. The zero-order chi connectivity index (χ0) is 22.3. The predicted octanol–water partition coefficient (Wildman–Crippen LogP) is 5.52. The fraction of sp³-hybridized carbons (Fsp3) is 0.409. The van der Waals surface area contributed by atoms with Gasteiger partial charge in [-0.3, -0.25) is 0 Å². The largest absolute Gasteiger partial charge is 0.444 e. The van der Waals surface area contributed by atoms with Gasteiger partial charge in [0, 0.05) is 36.6 Å². The minimum absolute atomic E-state index is 0.184. The van der Waals surface area contributed by atoms with Crippen LogP contribution < -0.4 is 4.90 Å². The van der Waals surface area contributed by atoms with Crippen LogP contribution >= 0.6 is 22.9 Å². The Morgan fingerprint density at radius 1 is 1.13 bits per heavy atom. The summed E-state index contributed by atoms with van der Waals surface area (Å²) in [6, 6.07) is 6.44. The molecule has 31 heavy (non-hydrogen) atoms. The van der Waals surface area contributed by atoms with Crippen molar-refractivity contribution in [2.75, 3.05) is 31.1 Å². The average molecular weight is 463 g/mol. The molecule has 0 spiro atoms. The normalized spacial score (nSPS) is 14.9. The van der Waals surface area contributed by atoms with Crippen molar-refractivity contribution in [1.82, 2.24) is 14.9 Å². The summed E-state index contributed by atoms with van der Waals surface area (Å²) in [4.78, 5) is 27.1. The standard InChI is InChI=1S/C22H24ClFN4O2S/c1-13-16(14-5-7-15(24)8-6-14)17-18(25-20(23)26-19(17)31-13)27-9-11-28(12-10-27)21(29)30-22(2,3)4/h5-8H,9-12H2,1-4H3. The Hall–Kier alpha value is -2.45. The second kappa shape index (κ2) is 8.24. The number of nitrogens with zero attached hydrogens (tertiary/aromatic N) is 4. The van der Waals surface area contributed by atoms with Crippen molar-refractivity contribution in [1.29, 1.82) is 0 Å². The lowest BCUT2D eigenvalue weighted by Gasteiger charge is -2.36. The number of hydrogen-bond donors (Lipinski definition) is 0. The molecule has 1 fully saturated rings. The third-order valence-electron chi connectivity index (χ3n) is 5.05. The van der Waals surface area contributed by atoms with E-state index in [2.05, 4.69) is 14.9 Å². The maximum Gasteiger partial charge on any atom is 0.410 e. The lowest BCUT2D eigenvalue weighted by molar-refractivity contribution is 0.0240. The lowest BCUT2D eigenvalue weighted by atomic mass is 10.0. The molecule has 2 aromatic heterocycles. The van der Waals surface area contributed by atoms with Gasteiger partial charge in [-0.25, -0.2) is 14.2 Å². The van der Waals surface area contributed by atoms with E-state index >= 15 is 0 Å². The molecule has 0 N–H and O–H groups in total. The highest BCUT2D eigenvalue weighted by Gasteiger charge is 2.28. The number of aryl methyl sites for hydroxylation is 1. The molecule has 1 aliphatic rings. The summed E-state index contributed by atoms with van der Waals surface area (Å²) in [5, 5.41) is 1.09. The van der Waals surface area contributed by atoms with Crippen molar-refractivity contribution in [2.24, 2.45) is 0 Å². The van der Waals surface area contributed by atoms with Crippen LogP contribution in [0.15, 0.2) is 24.3 Å². The number of benzene rings is 1. The van der Waals surface area contributed by atoms with Crippen LogP contribution in [-0.2, 0) is 4.74 Å². The second-order valence-electron chi connectivity index (χ2n) is 8.49. The molecule has 0 aliphatic carbocycles. The summed E-state index contributed by atoms with van der Waals surface area (Å²) in [5.74, 6) is 0.459. The number of fused-ring (bicyclic) bond motifs is 1. The molecule has 1 aromatic carbocycles. The summed E-state index contributed by atoms with van der Waals surface area (Å²) in [7, 11) is 0. The fourth-order valence-corrected chi connectivity index (χ4v) is 4.94. The summed E-state index contributed by atoms with van der Waals surface area (Å²) < 4.78 is 19.0. The number of aromatic nitrogens is 2. The summed E-state index contributed by atoms with van der Waals surface area (Å²) in [5.41, 5.74) is 1.37. The van der Waals surface area contributed by atoms with E-state index in [4.69, 9.17) is 16.3 Å². The van der Waals surface area contributed by atoms with Crippen LogP contribution in [0.4, 0.5) is 15.0 Å². The monoisotopic (exact) mass is 462 g/mol. The summed E-state index contributed by atoms with van der Waals surface area (Å²) in [6.07, 6.45) is -0.309. The Balaban J connectivity index is 1.67. The van der Waals surface area contributed by atoms with Crippen LogP contribution in [0.5, 0.6) is 0 Å². The number of amides is 1. The third-order valence-corrected chi connectivity index (χ3v) is 6.21. The van der Waals surface area contributed by atoms with Crippen LogP contribution in [0.1, 0.15) is 25.6 Å². The molecule has 0 bridgehead atoms. The number of carbonyl (C=O) groups excluding carboxylic acids is 1. The van der Waals surface area contributed by atoms with Gasteiger partial charge in [-0.1, -0.05) is 12.1 Å². The highest BCUT2D eigenvalue weighted by atomic mass is 35.5. The number of anilines is 1. The van der Waals surface area contributed by atoms with Crippen molar-refractivity contribution in [3.05, 3.63) is 40.2 Å². The van der Waals surface area contributed by atoms with E-state index in [1.807, 2.05) is 27.7 Å². The van der Waals surface area contributed by atoms with Gasteiger partial charge in [-0.2, -0.15) is 4.98 Å². The molecule has 0 radical (unpaired) electrons. The highest BCUT2D eigenvalue weighted by Crippen LogP contribution is 2.42. The molecule has 9 heteroatoms. The molecule has 0 unspecified atom stereocenters. The van der Waals surface area contributed by atoms with E-state index in [0.29, 0.717) is 26.2 Å². The van der Waals surface area contributed by atoms with E-state index in [0.717, 1.165) is 32.0 Å². The van der Waals surface area contributed by atoms with Crippen LogP contribution in [0, 0.1) is 12.7 Å². The van der Waals surface area contributed by atoms with Gasteiger partial charge in [0.25, 0.3) is 0 Å². The van der Waals surface area contributed by atoms with Gasteiger partial charge in [0.1, 0.15) is 22.1 Å². The number of carbonyl (C=O) groups is 1. The lowest BCUT2D eigenvalue weighted by Crippen LogP contribution is -2.50. The fourth-order valence-electron chi connectivity index (χ4n) is 3.69. The van der Waals surface area contributed by atoms with E-state index in [1.165, 1.54) is 12.1 Å². The van der Waals surface area contributed by atoms with Crippen LogP contribution in [0.3, 0.4) is 0 Å². The number of halogens is 2. The van der Waals surface area contributed by atoms with Gasteiger partial charge < -0.3 is 14.5 Å². The van der Waals surface area contributed by atoms with Crippen molar-refractivity contribution >= 4 is 45.1 Å². The third kappa shape index (κ3) is 4.60. The number of rotatable bonds is 2. The number of piperazine rings is 1. The molecule has 6 nitrogen and oxygen atoms in total. The molecule has 3 aromatic rings. The quantitative estimate of drug-likeness (QED) is 0.469. The molecular formula is C22H24ClFN4O2S. The molecule has 3 heterocycles. The van der Waals surface area contributed by atoms with Gasteiger partial charge in [-0.15, -0.1) is 11.3 Å². The Morgan fingerprint density at radius 2 is 1.77 bits per heavy atom. The first-order chi connectivity index (χ1) is 14.6. The molecule has 1 saturated heterocycles. The van der Waals surface area contributed by atoms with Crippen molar-refractivity contribution in [2.45, 2.75) is 33.3 Å². The van der Waals surface area contributed by atoms with Crippen molar-refractivity contribution < 1.29 is 13.9 Å². The van der Waals surface area contributed by atoms with Crippen molar-refractivity contribution in [3.63, 3.8) is 0 Å². The Kier molecular flexibility index (Phi) is 5.79. The average Bonchev–Trinajstić information content (AvgIpc) is 3.02. The molecular weight excluding hydrogens is 439 g/mol. The highest BCUT2D eigenvalue weighted by molar-refractivity contribution is 7.19. The van der Waals surface area contributed by atoms with Gasteiger partial charge in [0.2, 0.25) is 5.28 Å². The SMILES string of the molecule is Cc1sc2nc(Cl)nc(N3CCN(C(=O)OC(C)(C)C)CC3)c2c1-c1ccc(F)cc1. The maximum atomic E-state index is 13.5. The molecule has 0 atom stereocenters. The van der Waals surface area contributed by atoms with Crippen LogP contribution in [-0.4, -0.2) is 52.7 Å². The predicted molar refractivity (Wildman–Crippen MR) is 123 cm³/mol. The molecule has 0 saturated carbocycles. The minimum atomic E-state index is -0.529. The molecule has 4 rings (SSSR count). The van der Waals surface area contributed by atoms with Crippen LogP contribution in [0.2, 0.25) is 5.28 Å². The van der Waals surface area contributed by atoms with E-state index in [1.54, 1.807) is 28.4 Å². The van der Waals surface area contributed by atoms with Crippen molar-refractivity contribution in [3.8, 4) is 11.1 Å². The first-order valence-corrected chi connectivity index (χ1v) is 11.3. The number of ether oxygens (including phenoxy) is 1. The molecule has 1 aliphatic heterocycles. The Labute approximate surface area is 189 Å². The summed E-state index contributed by atoms with van der Waals surface area (Å²) in [6.45, 7) is 9.83. The molecule has 164 valence electrons. The van der Waals surface area contributed by atoms with Gasteiger partial charge in [-0.05, 0) is 57.0 Å². The molecule has 1 amide bonds. The maximum absolute atomic E-state index is 13.5. The van der Waals surface area contributed by atoms with Gasteiger partial charge in [0.05, 0.1) is 5.39 Å². The minimum Gasteiger partial charge on any atom is -0.444 e. The Bertz CT molecular complexity index is 1120. The topological polar surface area (TPSA) is 58.6 Å². The smallest absolute Gasteiger partial charge is 0.410 e. The van der Waals surface area contributed by atoms with Gasteiger partial charge >= 0.3 is 6.09 Å². The van der Waals surface area contributed by atoms with Crippen LogP contribution in [0.25, 0.3) is 21.3 Å². The summed E-state index contributed by atoms with van der Waals surface area (Å²) >= 11 is 7.79. The Morgan fingerprint density at radius 3 is 2.39 bits per heavy atom. The zero-order valence-corrected chi connectivity index (χ0v) is 19.5. The van der Waals surface area contributed by atoms with E-state index in [9.17, 15) is 9.18 Å². The van der Waals surface area contributed by atoms with E-state index in [-0.39, 0.29) is 17.2 Å². The number of thiophene rings is 1. The zero-order valence-electron chi connectivity index (χ0n) is 17.9. The van der Waals surface area contributed by atoms with Gasteiger partial charge in [0.15, 0.2) is 0 Å². The second-order valence-corrected chi connectivity index (χ2v) is 10.0.